The Morgan fingerprint density at radius 2 is 1.65 bits per heavy atom. The second kappa shape index (κ2) is 7.15. The summed E-state index contributed by atoms with van der Waals surface area (Å²) >= 11 is 0. The van der Waals surface area contributed by atoms with Crippen LogP contribution in [0, 0.1) is 24.7 Å². The second-order valence-electron chi connectivity index (χ2n) is 4.68. The molecule has 2 rings (SSSR count). The Bertz CT molecular complexity index is 690. The molecule has 6 nitrogen and oxygen atoms in total. The highest BCUT2D eigenvalue weighted by molar-refractivity contribution is 6.01. The highest BCUT2D eigenvalue weighted by Crippen LogP contribution is 2.17. The Kier molecular flexibility index (Phi) is 5.01. The smallest absolute Gasteiger partial charge is 0.336 e. The summed E-state index contributed by atoms with van der Waals surface area (Å²) in [7, 11) is 0. The quantitative estimate of drug-likeness (QED) is 0.600. The first kappa shape index (κ1) is 16.1. The number of carbonyl (C=O) groups excluding carboxylic acids is 3. The monoisotopic (exact) mass is 311 g/mol. The number of carbonyl (C=O) groups is 3. The van der Waals surface area contributed by atoms with E-state index in [9.17, 15) is 14.4 Å². The van der Waals surface area contributed by atoms with Crippen molar-refractivity contribution in [2.75, 3.05) is 6.61 Å². The number of hydrogen-bond acceptors (Lipinski definition) is 5. The molecule has 0 aliphatic carbocycles. The van der Waals surface area contributed by atoms with Crippen LogP contribution in [0.15, 0.2) is 18.2 Å². The number of nitrogens with zero attached hydrogens (tertiary/aromatic N) is 1. The lowest BCUT2D eigenvalue weighted by molar-refractivity contribution is -0.197. The van der Waals surface area contributed by atoms with E-state index in [1.165, 1.54) is 0 Å². The Morgan fingerprint density at radius 3 is 2.17 bits per heavy atom. The summed E-state index contributed by atoms with van der Waals surface area (Å²) in [6.07, 6.45) is 10.6. The first-order valence-electron chi connectivity index (χ1n) is 6.81. The Labute approximate surface area is 133 Å². The maximum absolute atomic E-state index is 11.6. The number of ether oxygens (including phenoxy) is 1. The zero-order valence-corrected chi connectivity index (χ0v) is 12.2. The van der Waals surface area contributed by atoms with Gasteiger partial charge >= 0.3 is 5.97 Å². The van der Waals surface area contributed by atoms with Crippen molar-refractivity contribution >= 4 is 17.8 Å². The predicted molar refractivity (Wildman–Crippen MR) is 79.6 cm³/mol. The minimum Gasteiger partial charge on any atom is -0.493 e. The topological polar surface area (TPSA) is 72.9 Å². The highest BCUT2D eigenvalue weighted by Gasteiger charge is 2.32. The van der Waals surface area contributed by atoms with Gasteiger partial charge in [0.2, 0.25) is 0 Å². The van der Waals surface area contributed by atoms with Crippen molar-refractivity contribution in [2.45, 2.75) is 19.3 Å². The Balaban J connectivity index is 1.86. The molecule has 0 bridgehead atoms. The molecule has 0 unspecified atom stereocenters. The van der Waals surface area contributed by atoms with Crippen LogP contribution in [0.5, 0.6) is 5.75 Å². The molecule has 0 aromatic heterocycles. The number of rotatable bonds is 5. The molecule has 1 aliphatic rings. The fourth-order valence-electron chi connectivity index (χ4n) is 1.91. The van der Waals surface area contributed by atoms with E-state index in [0.717, 1.165) is 0 Å². The van der Waals surface area contributed by atoms with Crippen LogP contribution < -0.4 is 4.74 Å². The molecule has 2 amide bonds. The molecule has 0 atom stereocenters. The summed E-state index contributed by atoms with van der Waals surface area (Å²) in [5.41, 5.74) is 1.12. The molecule has 23 heavy (non-hydrogen) atoms. The molecule has 1 fully saturated rings. The third-order valence-electron chi connectivity index (χ3n) is 3.01. The normalized spacial score (nSPS) is 13.4. The number of hydroxylamine groups is 2. The van der Waals surface area contributed by atoms with Crippen LogP contribution in [0.3, 0.4) is 0 Å². The Morgan fingerprint density at radius 1 is 1.09 bits per heavy atom. The van der Waals surface area contributed by atoms with Crippen molar-refractivity contribution in [2.24, 2.45) is 0 Å². The molecule has 0 saturated carbocycles. The molecule has 1 aliphatic heterocycles. The molecule has 1 aromatic rings. The third kappa shape index (κ3) is 4.12. The summed E-state index contributed by atoms with van der Waals surface area (Å²) in [6, 6.07) is 4.88. The number of imide groups is 1. The highest BCUT2D eigenvalue weighted by atomic mass is 16.7. The molecule has 1 aromatic carbocycles. The lowest BCUT2D eigenvalue weighted by Crippen LogP contribution is -2.32. The Hall–Kier alpha value is -3.25. The number of hydrogen-bond donors (Lipinski definition) is 0. The maximum atomic E-state index is 11.6. The number of amides is 2. The SMILES string of the molecule is C#Cc1cc(C#C)cc(OCCC(=O)ON2C(=O)CCC2=O)c1. The van der Waals surface area contributed by atoms with Crippen molar-refractivity contribution in [1.29, 1.82) is 0 Å². The van der Waals surface area contributed by atoms with E-state index in [0.29, 0.717) is 21.9 Å². The van der Waals surface area contributed by atoms with E-state index in [1.807, 2.05) is 0 Å². The van der Waals surface area contributed by atoms with Crippen LogP contribution in [-0.2, 0) is 19.2 Å². The van der Waals surface area contributed by atoms with Crippen molar-refractivity contribution < 1.29 is 24.0 Å². The molecule has 0 spiro atoms. The van der Waals surface area contributed by atoms with Crippen LogP contribution in [0.1, 0.15) is 30.4 Å². The van der Waals surface area contributed by atoms with Crippen LogP contribution >= 0.6 is 0 Å². The van der Waals surface area contributed by atoms with Crippen LogP contribution in [0.4, 0.5) is 0 Å². The lowest BCUT2D eigenvalue weighted by Gasteiger charge is -2.13. The number of benzene rings is 1. The molecular weight excluding hydrogens is 298 g/mol. The van der Waals surface area contributed by atoms with E-state index in [4.69, 9.17) is 22.4 Å². The lowest BCUT2D eigenvalue weighted by atomic mass is 10.1. The fourth-order valence-corrected chi connectivity index (χ4v) is 1.91. The summed E-state index contributed by atoms with van der Waals surface area (Å²) in [4.78, 5) is 39.0. The van der Waals surface area contributed by atoms with Crippen molar-refractivity contribution in [3.05, 3.63) is 29.3 Å². The van der Waals surface area contributed by atoms with Gasteiger partial charge in [-0.15, -0.1) is 17.9 Å². The molecule has 1 saturated heterocycles. The van der Waals surface area contributed by atoms with Gasteiger partial charge < -0.3 is 9.57 Å². The van der Waals surface area contributed by atoms with Crippen LogP contribution in [0.2, 0.25) is 0 Å². The van der Waals surface area contributed by atoms with Crippen molar-refractivity contribution in [3.63, 3.8) is 0 Å². The predicted octanol–water partition coefficient (Wildman–Crippen LogP) is 1.03. The van der Waals surface area contributed by atoms with E-state index in [-0.39, 0.29) is 25.9 Å². The molecule has 0 radical (unpaired) electrons. The van der Waals surface area contributed by atoms with E-state index >= 15 is 0 Å². The standard InChI is InChI=1S/C17H13NO5/c1-3-12-9-13(4-2)11-14(10-12)22-8-7-17(21)23-18-15(19)5-6-16(18)20/h1-2,9-11H,5-8H2. The van der Waals surface area contributed by atoms with E-state index in [1.54, 1.807) is 18.2 Å². The van der Waals surface area contributed by atoms with Gasteiger partial charge in [0.1, 0.15) is 5.75 Å². The third-order valence-corrected chi connectivity index (χ3v) is 3.01. The van der Waals surface area contributed by atoms with Crippen molar-refractivity contribution in [1.82, 2.24) is 5.06 Å². The minimum atomic E-state index is -0.737. The first-order chi connectivity index (χ1) is 11.0. The summed E-state index contributed by atoms with van der Waals surface area (Å²) in [5.74, 6) is 3.54. The van der Waals surface area contributed by atoms with Gasteiger partial charge in [0, 0.05) is 24.0 Å². The minimum absolute atomic E-state index is 0.00685. The molecule has 116 valence electrons. The molecule has 6 heteroatoms. The summed E-state index contributed by atoms with van der Waals surface area (Å²) < 4.78 is 5.40. The van der Waals surface area contributed by atoms with Gasteiger partial charge in [0.25, 0.3) is 11.8 Å². The van der Waals surface area contributed by atoms with Gasteiger partial charge in [0.05, 0.1) is 13.0 Å². The van der Waals surface area contributed by atoms with Gasteiger partial charge in [-0.2, -0.15) is 0 Å². The average Bonchev–Trinajstić information content (AvgIpc) is 2.86. The average molecular weight is 311 g/mol. The van der Waals surface area contributed by atoms with Crippen LogP contribution in [-0.4, -0.2) is 29.5 Å². The summed E-state index contributed by atoms with van der Waals surface area (Å²) in [6.45, 7) is -0.00685. The van der Waals surface area contributed by atoms with Gasteiger partial charge in [-0.3, -0.25) is 9.59 Å². The van der Waals surface area contributed by atoms with Gasteiger partial charge in [-0.1, -0.05) is 11.8 Å². The maximum Gasteiger partial charge on any atom is 0.336 e. The van der Waals surface area contributed by atoms with E-state index < -0.39 is 17.8 Å². The van der Waals surface area contributed by atoms with Crippen molar-refractivity contribution in [3.8, 4) is 30.4 Å². The molecular formula is C17H13NO5. The zero-order valence-electron chi connectivity index (χ0n) is 12.2. The van der Waals surface area contributed by atoms with E-state index in [2.05, 4.69) is 11.8 Å². The van der Waals surface area contributed by atoms with Crippen LogP contribution in [0.25, 0.3) is 0 Å². The van der Waals surface area contributed by atoms with Gasteiger partial charge in [-0.25, -0.2) is 4.79 Å². The largest absolute Gasteiger partial charge is 0.493 e. The second-order valence-corrected chi connectivity index (χ2v) is 4.68. The molecule has 0 N–H and O–H groups in total. The zero-order chi connectivity index (χ0) is 16.8. The molecule has 1 heterocycles. The number of terminal acetylenes is 2. The first-order valence-corrected chi connectivity index (χ1v) is 6.81. The van der Waals surface area contributed by atoms with Gasteiger partial charge in [-0.05, 0) is 18.2 Å². The van der Waals surface area contributed by atoms with Gasteiger partial charge in [0.15, 0.2) is 0 Å². The summed E-state index contributed by atoms with van der Waals surface area (Å²) in [5, 5.41) is 0.498. The fraction of sp³-hybridized carbons (Fsp3) is 0.235.